The number of allylic oxidation sites excluding steroid dienone is 1. The maximum atomic E-state index is 11.1. The van der Waals surface area contributed by atoms with Gasteiger partial charge < -0.3 is 19.3 Å². The van der Waals surface area contributed by atoms with Crippen LogP contribution in [0.2, 0.25) is 0 Å². The molecule has 0 heterocycles. The molecule has 0 radical (unpaired) electrons. The fraction of sp³-hybridized carbons (Fsp3) is 0.167. The summed E-state index contributed by atoms with van der Waals surface area (Å²) in [7, 11) is 4.26. The quantitative estimate of drug-likeness (QED) is 0.365. The van der Waals surface area contributed by atoms with Crippen LogP contribution in [0.1, 0.15) is 11.1 Å². The molecule has 134 valence electrons. The van der Waals surface area contributed by atoms with Gasteiger partial charge in [0.2, 0.25) is 5.75 Å². The van der Waals surface area contributed by atoms with Gasteiger partial charge in [-0.3, -0.25) is 10.1 Å². The molecule has 0 aromatic heterocycles. The van der Waals surface area contributed by atoms with Gasteiger partial charge in [-0.1, -0.05) is 0 Å². The molecule has 0 amide bonds. The lowest BCUT2D eigenvalue weighted by Gasteiger charge is -2.09. The monoisotopic (exact) mass is 356 g/mol. The summed E-state index contributed by atoms with van der Waals surface area (Å²) in [5.74, 6) is 0.324. The molecule has 0 aliphatic heterocycles. The SMILES string of the molecule is COc1ccc(/C(C#N)=C/c2cc(OC)c(O)c([N+](=O)[O-])c2)cc1OC. The number of hydrogen-bond donors (Lipinski definition) is 1. The number of ether oxygens (including phenoxy) is 3. The van der Waals surface area contributed by atoms with Crippen LogP contribution in [0.5, 0.6) is 23.0 Å². The molecule has 0 saturated heterocycles. The van der Waals surface area contributed by atoms with E-state index >= 15 is 0 Å². The van der Waals surface area contributed by atoms with E-state index in [1.165, 1.54) is 33.5 Å². The Morgan fingerprint density at radius 1 is 1.12 bits per heavy atom. The van der Waals surface area contributed by atoms with Crippen LogP contribution in [0.3, 0.4) is 0 Å². The number of nitro groups is 1. The average molecular weight is 356 g/mol. The van der Waals surface area contributed by atoms with E-state index in [9.17, 15) is 20.5 Å². The number of hydrogen-bond acceptors (Lipinski definition) is 7. The highest BCUT2D eigenvalue weighted by Crippen LogP contribution is 2.38. The summed E-state index contributed by atoms with van der Waals surface area (Å²) in [5, 5.41) is 30.4. The Hall–Kier alpha value is -3.73. The van der Waals surface area contributed by atoms with Crippen LogP contribution in [0.15, 0.2) is 30.3 Å². The number of nitriles is 1. The Bertz CT molecular complexity index is 915. The molecule has 26 heavy (non-hydrogen) atoms. The van der Waals surface area contributed by atoms with Gasteiger partial charge in [0.1, 0.15) is 0 Å². The third-order valence-corrected chi connectivity index (χ3v) is 3.62. The van der Waals surface area contributed by atoms with Crippen molar-refractivity contribution in [2.24, 2.45) is 0 Å². The first kappa shape index (κ1) is 18.6. The van der Waals surface area contributed by atoms with E-state index in [1.54, 1.807) is 18.2 Å². The summed E-state index contributed by atoms with van der Waals surface area (Å²) in [6.45, 7) is 0. The molecular weight excluding hydrogens is 340 g/mol. The van der Waals surface area contributed by atoms with E-state index in [4.69, 9.17) is 14.2 Å². The number of phenols is 1. The molecule has 0 fully saturated rings. The molecular formula is C18H16N2O6. The number of rotatable bonds is 6. The summed E-state index contributed by atoms with van der Waals surface area (Å²) in [6.07, 6.45) is 1.45. The lowest BCUT2D eigenvalue weighted by Crippen LogP contribution is -1.94. The van der Waals surface area contributed by atoms with Gasteiger partial charge in [-0.05, 0) is 41.5 Å². The summed E-state index contributed by atoms with van der Waals surface area (Å²) in [5.41, 5.74) is 0.603. The van der Waals surface area contributed by atoms with Crippen LogP contribution >= 0.6 is 0 Å². The third kappa shape index (κ3) is 3.67. The van der Waals surface area contributed by atoms with Crippen molar-refractivity contribution in [1.82, 2.24) is 0 Å². The molecule has 2 aromatic carbocycles. The Balaban J connectivity index is 2.58. The molecule has 0 saturated carbocycles. The third-order valence-electron chi connectivity index (χ3n) is 3.62. The average Bonchev–Trinajstić information content (AvgIpc) is 2.66. The number of aromatic hydroxyl groups is 1. The Labute approximate surface area is 149 Å². The zero-order valence-corrected chi connectivity index (χ0v) is 14.3. The van der Waals surface area contributed by atoms with Crippen LogP contribution in [-0.4, -0.2) is 31.4 Å². The Morgan fingerprint density at radius 2 is 1.77 bits per heavy atom. The first-order valence-corrected chi connectivity index (χ1v) is 7.34. The fourth-order valence-corrected chi connectivity index (χ4v) is 2.34. The second-order valence-corrected chi connectivity index (χ2v) is 5.09. The molecule has 2 rings (SSSR count). The smallest absolute Gasteiger partial charge is 0.315 e. The van der Waals surface area contributed by atoms with E-state index in [1.807, 2.05) is 6.07 Å². The Kier molecular flexibility index (Phi) is 5.65. The van der Waals surface area contributed by atoms with Crippen LogP contribution < -0.4 is 14.2 Å². The van der Waals surface area contributed by atoms with Gasteiger partial charge in [-0.25, -0.2) is 0 Å². The number of benzene rings is 2. The highest BCUT2D eigenvalue weighted by Gasteiger charge is 2.19. The molecule has 8 heteroatoms. The van der Waals surface area contributed by atoms with Crippen LogP contribution in [0.4, 0.5) is 5.69 Å². The maximum Gasteiger partial charge on any atom is 0.315 e. The van der Waals surface area contributed by atoms with Gasteiger partial charge in [0, 0.05) is 6.07 Å². The Morgan fingerprint density at radius 3 is 2.31 bits per heavy atom. The van der Waals surface area contributed by atoms with Crippen molar-refractivity contribution < 1.29 is 24.2 Å². The van der Waals surface area contributed by atoms with Crippen molar-refractivity contribution in [2.45, 2.75) is 0 Å². The molecule has 0 bridgehead atoms. The van der Waals surface area contributed by atoms with Crippen molar-refractivity contribution in [3.05, 3.63) is 51.6 Å². The van der Waals surface area contributed by atoms with Crippen LogP contribution in [-0.2, 0) is 0 Å². The van der Waals surface area contributed by atoms with Crippen molar-refractivity contribution >= 4 is 17.3 Å². The van der Waals surface area contributed by atoms with Crippen LogP contribution in [0, 0.1) is 21.4 Å². The second-order valence-electron chi connectivity index (χ2n) is 5.09. The van der Waals surface area contributed by atoms with Crippen LogP contribution in [0.25, 0.3) is 11.6 Å². The normalized spacial score (nSPS) is 10.8. The van der Waals surface area contributed by atoms with Gasteiger partial charge in [0.05, 0.1) is 37.9 Å². The van der Waals surface area contributed by atoms with Gasteiger partial charge in [-0.15, -0.1) is 0 Å². The summed E-state index contributed by atoms with van der Waals surface area (Å²) < 4.78 is 15.3. The summed E-state index contributed by atoms with van der Waals surface area (Å²) in [4.78, 5) is 10.4. The van der Waals surface area contributed by atoms with E-state index in [0.717, 1.165) is 6.07 Å². The minimum Gasteiger partial charge on any atom is -0.500 e. The standard InChI is InChI=1S/C18H16N2O6/c1-24-15-5-4-12(9-16(15)25-2)13(10-19)6-11-7-14(20(22)23)18(21)17(8-11)26-3/h4-9,21H,1-3H3/b13-6+. The van der Waals surface area contributed by atoms with E-state index in [-0.39, 0.29) is 11.3 Å². The van der Waals surface area contributed by atoms with Gasteiger partial charge >= 0.3 is 5.69 Å². The molecule has 0 aliphatic rings. The lowest BCUT2D eigenvalue weighted by molar-refractivity contribution is -0.386. The van der Waals surface area contributed by atoms with Crippen molar-refractivity contribution in [3.8, 4) is 29.1 Å². The highest BCUT2D eigenvalue weighted by atomic mass is 16.6. The maximum absolute atomic E-state index is 11.1. The van der Waals surface area contributed by atoms with Gasteiger partial charge in [-0.2, -0.15) is 5.26 Å². The predicted molar refractivity (Wildman–Crippen MR) is 94.3 cm³/mol. The molecule has 0 unspecified atom stereocenters. The topological polar surface area (TPSA) is 115 Å². The molecule has 0 spiro atoms. The van der Waals surface area contributed by atoms with Gasteiger partial charge in [0.15, 0.2) is 17.2 Å². The zero-order valence-electron chi connectivity index (χ0n) is 14.3. The number of methoxy groups -OCH3 is 3. The second kappa shape index (κ2) is 7.90. The largest absolute Gasteiger partial charge is 0.500 e. The van der Waals surface area contributed by atoms with Crippen molar-refractivity contribution in [1.29, 1.82) is 5.26 Å². The minimum atomic E-state index is -0.725. The van der Waals surface area contributed by atoms with E-state index in [0.29, 0.717) is 22.6 Å². The summed E-state index contributed by atoms with van der Waals surface area (Å²) in [6, 6.07) is 9.56. The summed E-state index contributed by atoms with van der Waals surface area (Å²) >= 11 is 0. The number of nitro benzene ring substituents is 1. The van der Waals surface area contributed by atoms with Crippen molar-refractivity contribution in [2.75, 3.05) is 21.3 Å². The first-order chi connectivity index (χ1) is 12.4. The van der Waals surface area contributed by atoms with Crippen molar-refractivity contribution in [3.63, 3.8) is 0 Å². The fourth-order valence-electron chi connectivity index (χ4n) is 2.34. The van der Waals surface area contributed by atoms with Gasteiger partial charge in [0.25, 0.3) is 0 Å². The molecule has 0 atom stereocenters. The highest BCUT2D eigenvalue weighted by molar-refractivity contribution is 5.91. The molecule has 8 nitrogen and oxygen atoms in total. The molecule has 2 aromatic rings. The zero-order chi connectivity index (χ0) is 19.3. The lowest BCUT2D eigenvalue weighted by atomic mass is 10.0. The van der Waals surface area contributed by atoms with E-state index < -0.39 is 16.4 Å². The molecule has 0 aliphatic carbocycles. The number of nitrogens with zero attached hydrogens (tertiary/aromatic N) is 2. The molecule has 1 N–H and O–H groups in total. The number of phenolic OH excluding ortho intramolecular Hbond substituents is 1. The van der Waals surface area contributed by atoms with E-state index in [2.05, 4.69) is 0 Å². The predicted octanol–water partition coefficient (Wildman–Crippen LogP) is 3.39. The first-order valence-electron chi connectivity index (χ1n) is 7.34. The minimum absolute atomic E-state index is 0.0601.